The molecule has 0 atom stereocenters. The van der Waals surface area contributed by atoms with Gasteiger partial charge in [-0.25, -0.2) is 8.42 Å². The minimum Gasteiger partial charge on any atom is -0.491 e. The molecule has 3 aromatic rings. The third-order valence-corrected chi connectivity index (χ3v) is 5.29. The number of rotatable bonds is 10. The van der Waals surface area contributed by atoms with E-state index in [0.717, 1.165) is 5.69 Å². The molecule has 0 saturated heterocycles. The summed E-state index contributed by atoms with van der Waals surface area (Å²) in [4.78, 5) is 4.33. The number of benzene rings is 2. The monoisotopic (exact) mass is 414 g/mol. The fraction of sp³-hybridized carbons (Fsp3) is 0.190. The second-order valence-corrected chi connectivity index (χ2v) is 7.74. The number of hydrogen-bond acceptors (Lipinski definition) is 6. The fourth-order valence-corrected chi connectivity index (χ4v) is 3.51. The third kappa shape index (κ3) is 6.20. The Labute approximate surface area is 170 Å². The van der Waals surface area contributed by atoms with Gasteiger partial charge in [0.05, 0.1) is 22.9 Å². The topological polar surface area (TPSA) is 86.8 Å². The molecule has 0 amide bonds. The molecule has 0 aliphatic rings. The van der Waals surface area contributed by atoms with Crippen LogP contribution in [0.4, 0.5) is 5.69 Å². The maximum atomic E-state index is 12.6. The van der Waals surface area contributed by atoms with Gasteiger partial charge in [0.15, 0.2) is 0 Å². The summed E-state index contributed by atoms with van der Waals surface area (Å²) in [5.41, 5.74) is 1.19. The van der Waals surface area contributed by atoms with Gasteiger partial charge >= 0.3 is 0 Å². The van der Waals surface area contributed by atoms with Gasteiger partial charge in [-0.15, -0.1) is 0 Å². The number of nitrogens with zero attached hydrogens (tertiary/aromatic N) is 1. The quantitative estimate of drug-likeness (QED) is 0.511. The van der Waals surface area contributed by atoms with E-state index >= 15 is 0 Å². The maximum absolute atomic E-state index is 12.6. The van der Waals surface area contributed by atoms with E-state index in [4.69, 9.17) is 14.2 Å². The molecular formula is C21H22N2O5S. The van der Waals surface area contributed by atoms with E-state index in [1.54, 1.807) is 49.7 Å². The highest BCUT2D eigenvalue weighted by molar-refractivity contribution is 7.92. The highest BCUT2D eigenvalue weighted by Crippen LogP contribution is 2.23. The molecule has 152 valence electrons. The molecule has 0 bridgehead atoms. The van der Waals surface area contributed by atoms with Crippen molar-refractivity contribution in [3.63, 3.8) is 0 Å². The van der Waals surface area contributed by atoms with Crippen LogP contribution in [0.2, 0.25) is 0 Å². The molecular weight excluding hydrogens is 392 g/mol. The Morgan fingerprint density at radius 2 is 1.72 bits per heavy atom. The minimum absolute atomic E-state index is 0.136. The van der Waals surface area contributed by atoms with E-state index in [1.165, 1.54) is 12.1 Å². The van der Waals surface area contributed by atoms with E-state index in [0.29, 0.717) is 37.0 Å². The van der Waals surface area contributed by atoms with Crippen LogP contribution in [0.25, 0.3) is 0 Å². The number of pyridine rings is 1. The van der Waals surface area contributed by atoms with Gasteiger partial charge in [0, 0.05) is 19.4 Å². The summed E-state index contributed by atoms with van der Waals surface area (Å²) in [7, 11) is -2.15. The van der Waals surface area contributed by atoms with E-state index in [-0.39, 0.29) is 4.90 Å². The van der Waals surface area contributed by atoms with Crippen LogP contribution in [0.3, 0.4) is 0 Å². The molecule has 3 rings (SSSR count). The first-order valence-corrected chi connectivity index (χ1v) is 10.4. The van der Waals surface area contributed by atoms with Crippen LogP contribution in [0.15, 0.2) is 77.8 Å². The molecule has 1 heterocycles. The lowest BCUT2D eigenvalue weighted by molar-refractivity contribution is 0.146. The lowest BCUT2D eigenvalue weighted by Crippen LogP contribution is -2.13. The van der Waals surface area contributed by atoms with Crippen molar-refractivity contribution < 1.29 is 22.6 Å². The zero-order valence-corrected chi connectivity index (χ0v) is 16.8. The summed E-state index contributed by atoms with van der Waals surface area (Å²) < 4.78 is 43.9. The second kappa shape index (κ2) is 9.90. The molecule has 29 heavy (non-hydrogen) atoms. The van der Waals surface area contributed by atoms with Gasteiger partial charge in [0.2, 0.25) is 0 Å². The molecule has 0 aliphatic carbocycles. The first-order chi connectivity index (χ1) is 14.1. The van der Waals surface area contributed by atoms with Crippen molar-refractivity contribution in [2.45, 2.75) is 11.5 Å². The van der Waals surface area contributed by atoms with Crippen LogP contribution in [0, 0.1) is 0 Å². The third-order valence-electron chi connectivity index (χ3n) is 3.89. The maximum Gasteiger partial charge on any atom is 0.261 e. The average molecular weight is 414 g/mol. The summed E-state index contributed by atoms with van der Waals surface area (Å²) in [6.45, 7) is 1.15. The van der Waals surface area contributed by atoms with Crippen molar-refractivity contribution in [2.24, 2.45) is 0 Å². The van der Waals surface area contributed by atoms with Gasteiger partial charge in [0.25, 0.3) is 10.0 Å². The Hall–Kier alpha value is -3.10. The lowest BCUT2D eigenvalue weighted by Gasteiger charge is -2.11. The van der Waals surface area contributed by atoms with Gasteiger partial charge in [0.1, 0.15) is 24.7 Å². The van der Waals surface area contributed by atoms with Crippen molar-refractivity contribution in [3.05, 3.63) is 78.6 Å². The van der Waals surface area contributed by atoms with Crippen molar-refractivity contribution in [1.29, 1.82) is 0 Å². The molecule has 1 N–H and O–H groups in total. The zero-order chi connectivity index (χ0) is 20.5. The molecule has 1 aromatic heterocycles. The number of nitrogens with one attached hydrogen (secondary N) is 1. The lowest BCUT2D eigenvalue weighted by atomic mass is 10.3. The van der Waals surface area contributed by atoms with Crippen LogP contribution in [-0.2, 0) is 21.4 Å². The standard InChI is InChI=1S/C21H22N2O5S/c1-26-13-14-27-19-8-10-21(11-9-19)29(24,25)23-17-6-4-7-20(15-17)28-16-18-5-2-3-12-22-18/h2-12,15,23H,13-14,16H2,1H3. The summed E-state index contributed by atoms with van der Waals surface area (Å²) in [6.07, 6.45) is 1.69. The number of aromatic nitrogens is 1. The highest BCUT2D eigenvalue weighted by atomic mass is 32.2. The highest BCUT2D eigenvalue weighted by Gasteiger charge is 2.14. The minimum atomic E-state index is -3.74. The predicted molar refractivity (Wildman–Crippen MR) is 110 cm³/mol. The summed E-state index contributed by atoms with van der Waals surface area (Å²) in [6, 6.07) is 18.5. The molecule has 0 saturated carbocycles. The molecule has 2 aromatic carbocycles. The number of hydrogen-bond donors (Lipinski definition) is 1. The predicted octanol–water partition coefficient (Wildman–Crippen LogP) is 3.49. The molecule has 0 aliphatic heterocycles. The van der Waals surface area contributed by atoms with E-state index in [2.05, 4.69) is 9.71 Å². The Balaban J connectivity index is 1.63. The van der Waals surface area contributed by atoms with Crippen LogP contribution in [-0.4, -0.2) is 33.7 Å². The number of anilines is 1. The van der Waals surface area contributed by atoms with Crippen molar-refractivity contribution in [1.82, 2.24) is 4.98 Å². The first kappa shape index (κ1) is 20.6. The normalized spacial score (nSPS) is 11.1. The molecule has 0 radical (unpaired) electrons. The molecule has 0 unspecified atom stereocenters. The Morgan fingerprint density at radius 3 is 2.45 bits per heavy atom. The van der Waals surface area contributed by atoms with Crippen LogP contribution in [0.1, 0.15) is 5.69 Å². The van der Waals surface area contributed by atoms with Gasteiger partial charge in [-0.05, 0) is 48.5 Å². The Morgan fingerprint density at radius 1 is 0.897 bits per heavy atom. The van der Waals surface area contributed by atoms with Crippen LogP contribution < -0.4 is 14.2 Å². The van der Waals surface area contributed by atoms with Crippen molar-refractivity contribution in [3.8, 4) is 11.5 Å². The van der Waals surface area contributed by atoms with Crippen LogP contribution >= 0.6 is 0 Å². The van der Waals surface area contributed by atoms with Crippen molar-refractivity contribution >= 4 is 15.7 Å². The van der Waals surface area contributed by atoms with E-state index in [9.17, 15) is 8.42 Å². The summed E-state index contributed by atoms with van der Waals surface area (Å²) in [5.74, 6) is 1.11. The van der Waals surface area contributed by atoms with Gasteiger partial charge in [-0.1, -0.05) is 12.1 Å². The molecule has 8 heteroatoms. The molecule has 0 fully saturated rings. The van der Waals surface area contributed by atoms with E-state index in [1.807, 2.05) is 18.2 Å². The van der Waals surface area contributed by atoms with E-state index < -0.39 is 10.0 Å². The number of sulfonamides is 1. The molecule has 0 spiro atoms. The zero-order valence-electron chi connectivity index (χ0n) is 15.9. The summed E-state index contributed by atoms with van der Waals surface area (Å²) >= 11 is 0. The Kier molecular flexibility index (Phi) is 7.04. The molecule has 7 nitrogen and oxygen atoms in total. The Bertz CT molecular complexity index is 1010. The van der Waals surface area contributed by atoms with Gasteiger partial charge < -0.3 is 14.2 Å². The first-order valence-electron chi connectivity index (χ1n) is 8.94. The van der Waals surface area contributed by atoms with Crippen molar-refractivity contribution in [2.75, 3.05) is 25.0 Å². The fourth-order valence-electron chi connectivity index (χ4n) is 2.46. The number of methoxy groups -OCH3 is 1. The van der Waals surface area contributed by atoms with Crippen LogP contribution in [0.5, 0.6) is 11.5 Å². The summed E-state index contributed by atoms with van der Waals surface area (Å²) in [5, 5.41) is 0. The largest absolute Gasteiger partial charge is 0.491 e. The second-order valence-electron chi connectivity index (χ2n) is 6.06. The average Bonchev–Trinajstić information content (AvgIpc) is 2.74. The van der Waals surface area contributed by atoms with Gasteiger partial charge in [-0.2, -0.15) is 0 Å². The van der Waals surface area contributed by atoms with Gasteiger partial charge in [-0.3, -0.25) is 9.71 Å². The SMILES string of the molecule is COCCOc1ccc(S(=O)(=O)Nc2cccc(OCc3ccccn3)c2)cc1. The smallest absolute Gasteiger partial charge is 0.261 e. The number of ether oxygens (including phenoxy) is 3.